The van der Waals surface area contributed by atoms with Gasteiger partial charge in [-0.1, -0.05) is 12.1 Å². The molecule has 0 aliphatic rings. The fraction of sp³-hybridized carbons (Fsp3) is 0.188. The number of methoxy groups -OCH3 is 1. The highest BCUT2D eigenvalue weighted by molar-refractivity contribution is 5.73. The van der Waals surface area contributed by atoms with E-state index in [0.29, 0.717) is 17.1 Å². The van der Waals surface area contributed by atoms with Crippen LogP contribution in [0.15, 0.2) is 48.5 Å². The molecule has 1 N–H and O–H groups in total. The monoisotopic (exact) mass is 317 g/mol. The van der Waals surface area contributed by atoms with Crippen molar-refractivity contribution >= 4 is 11.7 Å². The van der Waals surface area contributed by atoms with Crippen molar-refractivity contribution in [3.63, 3.8) is 0 Å². The molecule has 7 nitrogen and oxygen atoms in total. The van der Waals surface area contributed by atoms with Crippen LogP contribution in [0.5, 0.6) is 11.5 Å². The molecular formula is C16H15NO6. The summed E-state index contributed by atoms with van der Waals surface area (Å²) in [5.74, 6) is -0.140. The predicted octanol–water partition coefficient (Wildman–Crippen LogP) is 2.68. The second-order valence-corrected chi connectivity index (χ2v) is 4.75. The molecule has 0 aliphatic heterocycles. The second kappa shape index (κ2) is 7.26. The number of carboxylic acid groups (broad SMARTS) is 1. The van der Waals surface area contributed by atoms with Crippen LogP contribution in [0, 0.1) is 10.1 Å². The lowest BCUT2D eigenvalue weighted by Crippen LogP contribution is -2.29. The number of aliphatic carboxylic acids is 1. The van der Waals surface area contributed by atoms with Gasteiger partial charge in [-0.15, -0.1) is 0 Å². The van der Waals surface area contributed by atoms with Crippen LogP contribution in [-0.2, 0) is 11.2 Å². The van der Waals surface area contributed by atoms with E-state index in [4.69, 9.17) is 9.47 Å². The number of benzene rings is 2. The maximum absolute atomic E-state index is 11.4. The summed E-state index contributed by atoms with van der Waals surface area (Å²) < 4.78 is 10.5. The highest BCUT2D eigenvalue weighted by atomic mass is 16.6. The number of nitro groups is 1. The smallest absolute Gasteiger partial charge is 0.345 e. The number of carbonyl (C=O) groups is 1. The van der Waals surface area contributed by atoms with E-state index in [0.717, 1.165) is 0 Å². The van der Waals surface area contributed by atoms with Crippen molar-refractivity contribution < 1.29 is 24.3 Å². The van der Waals surface area contributed by atoms with E-state index in [9.17, 15) is 20.0 Å². The minimum Gasteiger partial charge on any atom is -0.497 e. The van der Waals surface area contributed by atoms with Crippen LogP contribution in [0.25, 0.3) is 0 Å². The molecular weight excluding hydrogens is 302 g/mol. The lowest BCUT2D eigenvalue weighted by molar-refractivity contribution is -0.384. The highest BCUT2D eigenvalue weighted by Crippen LogP contribution is 2.20. The molecule has 23 heavy (non-hydrogen) atoms. The molecule has 0 spiro atoms. The molecule has 0 radical (unpaired) electrons. The molecule has 7 heteroatoms. The average Bonchev–Trinajstić information content (AvgIpc) is 2.55. The van der Waals surface area contributed by atoms with Gasteiger partial charge < -0.3 is 14.6 Å². The van der Waals surface area contributed by atoms with Crippen LogP contribution >= 0.6 is 0 Å². The summed E-state index contributed by atoms with van der Waals surface area (Å²) in [6.07, 6.45) is -1.13. The average molecular weight is 317 g/mol. The Hall–Kier alpha value is -3.09. The Kier molecular flexibility index (Phi) is 5.14. The number of hydrogen-bond acceptors (Lipinski definition) is 5. The fourth-order valence-corrected chi connectivity index (χ4v) is 2.01. The van der Waals surface area contributed by atoms with Crippen molar-refractivity contribution in [2.75, 3.05) is 7.11 Å². The summed E-state index contributed by atoms with van der Waals surface area (Å²) in [7, 11) is 1.53. The van der Waals surface area contributed by atoms with Gasteiger partial charge in [0.05, 0.1) is 12.0 Å². The Labute approximate surface area is 132 Å². The first-order valence-electron chi connectivity index (χ1n) is 6.76. The topological polar surface area (TPSA) is 98.9 Å². The van der Waals surface area contributed by atoms with Gasteiger partial charge in [-0.3, -0.25) is 10.1 Å². The third kappa shape index (κ3) is 4.44. The van der Waals surface area contributed by atoms with Gasteiger partial charge in [-0.05, 0) is 29.8 Å². The standard InChI is InChI=1S/C16H15NO6/c1-22-13-5-7-14(8-6-13)23-15(16(18)19)10-11-3-2-4-12(9-11)17(20)21/h2-9,15H,10H2,1H3,(H,18,19)/t15-/m1/s1. The zero-order chi connectivity index (χ0) is 16.8. The predicted molar refractivity (Wildman–Crippen MR) is 81.8 cm³/mol. The number of carboxylic acids is 1. The molecule has 0 aliphatic carbocycles. The van der Waals surface area contributed by atoms with E-state index in [1.807, 2.05) is 0 Å². The van der Waals surface area contributed by atoms with Gasteiger partial charge >= 0.3 is 5.97 Å². The maximum Gasteiger partial charge on any atom is 0.345 e. The van der Waals surface area contributed by atoms with Crippen LogP contribution in [0.3, 0.4) is 0 Å². The Balaban J connectivity index is 2.13. The van der Waals surface area contributed by atoms with E-state index in [2.05, 4.69) is 0 Å². The van der Waals surface area contributed by atoms with Crippen molar-refractivity contribution in [1.29, 1.82) is 0 Å². The number of ether oxygens (including phenoxy) is 2. The molecule has 2 rings (SSSR count). The van der Waals surface area contributed by atoms with Crippen molar-refractivity contribution in [2.24, 2.45) is 0 Å². The molecule has 0 saturated carbocycles. The van der Waals surface area contributed by atoms with E-state index in [1.165, 1.54) is 25.3 Å². The second-order valence-electron chi connectivity index (χ2n) is 4.75. The number of hydrogen-bond donors (Lipinski definition) is 1. The SMILES string of the molecule is COc1ccc(O[C@H](Cc2cccc([N+](=O)[O-])c2)C(=O)O)cc1. The Bertz CT molecular complexity index is 698. The quantitative estimate of drug-likeness (QED) is 0.622. The summed E-state index contributed by atoms with van der Waals surface area (Å²) in [4.78, 5) is 21.6. The zero-order valence-electron chi connectivity index (χ0n) is 12.3. The van der Waals surface area contributed by atoms with Crippen LogP contribution in [0.4, 0.5) is 5.69 Å². The first kappa shape index (κ1) is 16.3. The number of rotatable bonds is 7. The minimum absolute atomic E-state index is 0.0169. The summed E-state index contributed by atoms with van der Waals surface area (Å²) >= 11 is 0. The lowest BCUT2D eigenvalue weighted by atomic mass is 10.1. The van der Waals surface area contributed by atoms with Crippen molar-refractivity contribution in [2.45, 2.75) is 12.5 Å². The molecule has 0 amide bonds. The normalized spacial score (nSPS) is 11.5. The summed E-state index contributed by atoms with van der Waals surface area (Å²) in [6.45, 7) is 0. The van der Waals surface area contributed by atoms with Gasteiger partial charge in [0.25, 0.3) is 5.69 Å². The Morgan fingerprint density at radius 2 is 1.87 bits per heavy atom. The molecule has 2 aromatic carbocycles. The van der Waals surface area contributed by atoms with Crippen LogP contribution in [-0.4, -0.2) is 29.2 Å². The maximum atomic E-state index is 11.4. The summed E-state index contributed by atoms with van der Waals surface area (Å²) in [5, 5.41) is 20.1. The minimum atomic E-state index is -1.15. The Morgan fingerprint density at radius 3 is 2.43 bits per heavy atom. The van der Waals surface area contributed by atoms with E-state index >= 15 is 0 Å². The zero-order valence-corrected chi connectivity index (χ0v) is 12.3. The van der Waals surface area contributed by atoms with E-state index in [-0.39, 0.29) is 12.1 Å². The van der Waals surface area contributed by atoms with Gasteiger partial charge in [0, 0.05) is 18.6 Å². The van der Waals surface area contributed by atoms with Crippen molar-refractivity contribution in [3.8, 4) is 11.5 Å². The van der Waals surface area contributed by atoms with Crippen LogP contribution < -0.4 is 9.47 Å². The van der Waals surface area contributed by atoms with Crippen LogP contribution in [0.1, 0.15) is 5.56 Å². The Morgan fingerprint density at radius 1 is 1.22 bits per heavy atom. The highest BCUT2D eigenvalue weighted by Gasteiger charge is 2.21. The van der Waals surface area contributed by atoms with Gasteiger partial charge in [0.15, 0.2) is 6.10 Å². The molecule has 0 saturated heterocycles. The van der Waals surface area contributed by atoms with Crippen molar-refractivity contribution in [3.05, 3.63) is 64.2 Å². The molecule has 1 atom stereocenters. The van der Waals surface area contributed by atoms with E-state index in [1.54, 1.807) is 30.3 Å². The largest absolute Gasteiger partial charge is 0.497 e. The molecule has 0 unspecified atom stereocenters. The molecule has 0 fully saturated rings. The number of nitro benzene ring substituents is 1. The third-order valence-corrected chi connectivity index (χ3v) is 3.16. The third-order valence-electron chi connectivity index (χ3n) is 3.16. The first-order chi connectivity index (χ1) is 11.0. The van der Waals surface area contributed by atoms with Gasteiger partial charge in [-0.25, -0.2) is 4.79 Å². The molecule has 0 heterocycles. The molecule has 120 valence electrons. The molecule has 0 aromatic heterocycles. The van der Waals surface area contributed by atoms with Gasteiger partial charge in [-0.2, -0.15) is 0 Å². The lowest BCUT2D eigenvalue weighted by Gasteiger charge is -2.15. The molecule has 2 aromatic rings. The summed E-state index contributed by atoms with van der Waals surface area (Å²) in [5.41, 5.74) is 0.427. The number of nitrogens with zero attached hydrogens (tertiary/aromatic N) is 1. The van der Waals surface area contributed by atoms with E-state index < -0.39 is 17.0 Å². The van der Waals surface area contributed by atoms with Crippen LogP contribution in [0.2, 0.25) is 0 Å². The van der Waals surface area contributed by atoms with Gasteiger partial charge in [0.2, 0.25) is 0 Å². The molecule has 0 bridgehead atoms. The first-order valence-corrected chi connectivity index (χ1v) is 6.76. The number of non-ortho nitro benzene ring substituents is 1. The van der Waals surface area contributed by atoms with Gasteiger partial charge in [0.1, 0.15) is 11.5 Å². The van der Waals surface area contributed by atoms with Crippen molar-refractivity contribution in [1.82, 2.24) is 0 Å². The summed E-state index contributed by atoms with van der Waals surface area (Å²) in [6, 6.07) is 12.3. The fourth-order valence-electron chi connectivity index (χ4n) is 2.01.